The van der Waals surface area contributed by atoms with Crippen molar-refractivity contribution < 1.29 is 13.2 Å². The van der Waals surface area contributed by atoms with Crippen molar-refractivity contribution in [1.82, 2.24) is 9.21 Å². The van der Waals surface area contributed by atoms with Gasteiger partial charge in [0.2, 0.25) is 15.9 Å². The molecule has 0 radical (unpaired) electrons. The Bertz CT molecular complexity index is 1120. The molecule has 0 aliphatic carbocycles. The first-order valence-corrected chi connectivity index (χ1v) is 13.0. The molecule has 168 valence electrons. The molecule has 1 saturated heterocycles. The maximum Gasteiger partial charge on any atom is 0.243 e. The number of anilines is 1. The van der Waals surface area contributed by atoms with Crippen molar-refractivity contribution >= 4 is 33.4 Å². The van der Waals surface area contributed by atoms with E-state index in [0.29, 0.717) is 43.5 Å². The van der Waals surface area contributed by atoms with Crippen molar-refractivity contribution in [2.45, 2.75) is 28.4 Å². The summed E-state index contributed by atoms with van der Waals surface area (Å²) in [5.74, 6) is 0.0514. The Morgan fingerprint density at radius 1 is 1.06 bits per heavy atom. The normalized spacial score (nSPS) is 20.2. The Labute approximate surface area is 193 Å². The molecule has 0 unspecified atom stereocenters. The van der Waals surface area contributed by atoms with Crippen LogP contribution in [-0.2, 0) is 14.8 Å². The average molecular weight is 471 g/mol. The van der Waals surface area contributed by atoms with Crippen LogP contribution in [0.1, 0.15) is 18.9 Å². The number of benzene rings is 2. The van der Waals surface area contributed by atoms with Crippen LogP contribution in [0.2, 0.25) is 0 Å². The van der Waals surface area contributed by atoms with Crippen LogP contribution in [0, 0.1) is 11.3 Å². The summed E-state index contributed by atoms with van der Waals surface area (Å²) in [7, 11) is -3.61. The molecule has 0 spiro atoms. The van der Waals surface area contributed by atoms with Gasteiger partial charge in [-0.05, 0) is 42.8 Å². The highest BCUT2D eigenvalue weighted by molar-refractivity contribution is 8.00. The molecule has 2 aliphatic rings. The zero-order chi connectivity index (χ0) is 22.7. The zero-order valence-electron chi connectivity index (χ0n) is 18.0. The molecule has 7 nitrogen and oxygen atoms in total. The number of fused-ring (bicyclic) bond motifs is 1. The number of thioether (sulfide) groups is 1. The molecule has 0 bridgehead atoms. The molecule has 0 N–H and O–H groups in total. The fraction of sp³-hybridized carbons (Fsp3) is 0.391. The predicted octanol–water partition coefficient (Wildman–Crippen LogP) is 2.78. The van der Waals surface area contributed by atoms with E-state index < -0.39 is 10.0 Å². The zero-order valence-corrected chi connectivity index (χ0v) is 19.6. The van der Waals surface area contributed by atoms with E-state index in [9.17, 15) is 13.2 Å². The number of nitrogens with zero attached hydrogens (tertiary/aromatic N) is 4. The van der Waals surface area contributed by atoms with E-state index in [1.54, 1.807) is 11.8 Å². The van der Waals surface area contributed by atoms with Crippen molar-refractivity contribution in [3.8, 4) is 6.07 Å². The Hall–Kier alpha value is -2.38. The van der Waals surface area contributed by atoms with Gasteiger partial charge in [0, 0.05) is 42.9 Å². The molecule has 4 rings (SSSR count). The first-order valence-electron chi connectivity index (χ1n) is 10.7. The number of rotatable bonds is 4. The van der Waals surface area contributed by atoms with E-state index >= 15 is 0 Å². The van der Waals surface area contributed by atoms with Crippen LogP contribution in [0.5, 0.6) is 0 Å². The second kappa shape index (κ2) is 9.63. The van der Waals surface area contributed by atoms with Crippen molar-refractivity contribution in [1.29, 1.82) is 5.26 Å². The smallest absolute Gasteiger partial charge is 0.243 e. The van der Waals surface area contributed by atoms with Crippen molar-refractivity contribution in [2.24, 2.45) is 0 Å². The van der Waals surface area contributed by atoms with Crippen LogP contribution in [-0.4, -0.2) is 68.0 Å². The standard InChI is InChI=1S/C23H26N4O3S2/c1-18-10-11-27(21-4-2-3-5-22(21)31-18)23(28)17-25-12-14-26(15-13-25)32(29,30)20-8-6-19(16-24)7-9-20/h2-9,18H,10-15,17H2,1H3/t18-/m0/s1. The van der Waals surface area contributed by atoms with Gasteiger partial charge >= 0.3 is 0 Å². The molecule has 9 heteroatoms. The van der Waals surface area contributed by atoms with Gasteiger partial charge in [0.1, 0.15) is 0 Å². The molecule has 1 amide bonds. The lowest BCUT2D eigenvalue weighted by molar-refractivity contribution is -0.120. The SMILES string of the molecule is C[C@H]1CCN(C(=O)CN2CCN(S(=O)(=O)c3ccc(C#N)cc3)CC2)c2ccccc2S1. The molecule has 2 heterocycles. The van der Waals surface area contributed by atoms with E-state index in [1.807, 2.05) is 34.1 Å². The summed E-state index contributed by atoms with van der Waals surface area (Å²) in [6.45, 7) is 4.82. The van der Waals surface area contributed by atoms with Crippen LogP contribution in [0.15, 0.2) is 58.3 Å². The number of sulfonamides is 1. The Morgan fingerprint density at radius 3 is 2.44 bits per heavy atom. The van der Waals surface area contributed by atoms with Crippen molar-refractivity contribution in [3.63, 3.8) is 0 Å². The highest BCUT2D eigenvalue weighted by Gasteiger charge is 2.31. The predicted molar refractivity (Wildman–Crippen MR) is 125 cm³/mol. The van der Waals surface area contributed by atoms with Gasteiger partial charge in [-0.2, -0.15) is 9.57 Å². The van der Waals surface area contributed by atoms with E-state index in [4.69, 9.17) is 5.26 Å². The minimum absolute atomic E-state index is 0.0514. The molecule has 0 aromatic heterocycles. The summed E-state index contributed by atoms with van der Waals surface area (Å²) >= 11 is 1.80. The second-order valence-electron chi connectivity index (χ2n) is 8.05. The monoisotopic (exact) mass is 470 g/mol. The third-order valence-corrected chi connectivity index (χ3v) is 9.01. The first-order chi connectivity index (χ1) is 15.4. The van der Waals surface area contributed by atoms with Crippen LogP contribution in [0.4, 0.5) is 5.69 Å². The summed E-state index contributed by atoms with van der Waals surface area (Å²) in [6.07, 6.45) is 0.932. The van der Waals surface area contributed by atoms with Gasteiger partial charge in [-0.1, -0.05) is 19.1 Å². The highest BCUT2D eigenvalue weighted by atomic mass is 32.2. The van der Waals surface area contributed by atoms with Gasteiger partial charge in [-0.15, -0.1) is 11.8 Å². The van der Waals surface area contributed by atoms with Gasteiger partial charge < -0.3 is 4.90 Å². The molecule has 2 aliphatic heterocycles. The van der Waals surface area contributed by atoms with E-state index in [2.05, 4.69) is 13.0 Å². The Kier molecular flexibility index (Phi) is 6.86. The molecule has 1 atom stereocenters. The van der Waals surface area contributed by atoms with Gasteiger partial charge in [0.05, 0.1) is 28.8 Å². The molecule has 0 saturated carbocycles. The minimum Gasteiger partial charge on any atom is -0.310 e. The summed E-state index contributed by atoms with van der Waals surface area (Å²) in [5, 5.41) is 9.36. The number of piperazine rings is 1. The number of hydrogen-bond donors (Lipinski definition) is 0. The molecular weight excluding hydrogens is 444 g/mol. The van der Waals surface area contributed by atoms with Crippen LogP contribution < -0.4 is 4.90 Å². The topological polar surface area (TPSA) is 84.7 Å². The minimum atomic E-state index is -3.61. The third kappa shape index (κ3) is 4.84. The first kappa shape index (κ1) is 22.8. The molecule has 32 heavy (non-hydrogen) atoms. The highest BCUT2D eigenvalue weighted by Crippen LogP contribution is 2.37. The lowest BCUT2D eigenvalue weighted by atomic mass is 10.2. The Morgan fingerprint density at radius 2 is 1.75 bits per heavy atom. The Balaban J connectivity index is 1.39. The number of carbonyl (C=O) groups excluding carboxylic acids is 1. The summed E-state index contributed by atoms with van der Waals surface area (Å²) in [5.41, 5.74) is 1.39. The number of hydrogen-bond acceptors (Lipinski definition) is 6. The average Bonchev–Trinajstić information content (AvgIpc) is 2.97. The fourth-order valence-corrected chi connectivity index (χ4v) is 6.54. The summed E-state index contributed by atoms with van der Waals surface area (Å²) in [4.78, 5) is 18.4. The number of nitriles is 1. The third-order valence-electron chi connectivity index (χ3n) is 5.86. The maximum absolute atomic E-state index is 13.2. The van der Waals surface area contributed by atoms with E-state index in [1.165, 1.54) is 28.6 Å². The summed E-state index contributed by atoms with van der Waals surface area (Å²) < 4.78 is 27.3. The fourth-order valence-electron chi connectivity index (χ4n) is 4.00. The lowest BCUT2D eigenvalue weighted by Gasteiger charge is -2.34. The van der Waals surface area contributed by atoms with Gasteiger partial charge in [-0.3, -0.25) is 9.69 Å². The molecule has 1 fully saturated rings. The maximum atomic E-state index is 13.2. The summed E-state index contributed by atoms with van der Waals surface area (Å²) in [6, 6.07) is 16.0. The van der Waals surface area contributed by atoms with Crippen molar-refractivity contribution in [2.75, 3.05) is 44.2 Å². The van der Waals surface area contributed by atoms with Gasteiger partial charge in [-0.25, -0.2) is 8.42 Å². The molecular formula is C23H26N4O3S2. The van der Waals surface area contributed by atoms with Crippen LogP contribution in [0.25, 0.3) is 0 Å². The van der Waals surface area contributed by atoms with Crippen molar-refractivity contribution in [3.05, 3.63) is 54.1 Å². The lowest BCUT2D eigenvalue weighted by Crippen LogP contribution is -2.51. The van der Waals surface area contributed by atoms with Crippen LogP contribution in [0.3, 0.4) is 0 Å². The second-order valence-corrected chi connectivity index (χ2v) is 11.5. The number of amides is 1. The van der Waals surface area contributed by atoms with Gasteiger partial charge in [0.25, 0.3) is 0 Å². The number of carbonyl (C=O) groups is 1. The van der Waals surface area contributed by atoms with Gasteiger partial charge in [0.15, 0.2) is 0 Å². The number of para-hydroxylation sites is 1. The molecule has 2 aromatic carbocycles. The van der Waals surface area contributed by atoms with E-state index in [-0.39, 0.29) is 17.3 Å². The van der Waals surface area contributed by atoms with E-state index in [0.717, 1.165) is 17.0 Å². The quantitative estimate of drug-likeness (QED) is 0.683. The largest absolute Gasteiger partial charge is 0.310 e. The van der Waals surface area contributed by atoms with Crippen LogP contribution >= 0.6 is 11.8 Å². The molecule has 2 aromatic rings.